The van der Waals surface area contributed by atoms with Crippen molar-refractivity contribution in [3.63, 3.8) is 0 Å². The first-order valence-corrected chi connectivity index (χ1v) is 8.03. The zero-order valence-corrected chi connectivity index (χ0v) is 12.5. The standard InChI is InChI=1S/C13H13NO4S2/c1-8-4-3-5-10(6-8)20(17,18)14-11-7-9(2)12(19-11)13(15)16/h3-7,14H,1-2H3,(H,15,16). The Balaban J connectivity index is 2.34. The predicted octanol–water partition coefficient (Wildman–Crippen LogP) is 2.86. The fraction of sp³-hybridized carbons (Fsp3) is 0.154. The molecule has 0 aliphatic rings. The Morgan fingerprint density at radius 1 is 1.25 bits per heavy atom. The normalized spacial score (nSPS) is 11.3. The number of carboxylic acid groups (broad SMARTS) is 1. The van der Waals surface area contributed by atoms with E-state index >= 15 is 0 Å². The van der Waals surface area contributed by atoms with Crippen molar-refractivity contribution in [3.05, 3.63) is 46.3 Å². The number of benzene rings is 1. The lowest BCUT2D eigenvalue weighted by Gasteiger charge is -2.06. The van der Waals surface area contributed by atoms with Gasteiger partial charge in [0.1, 0.15) is 9.88 Å². The quantitative estimate of drug-likeness (QED) is 0.909. The van der Waals surface area contributed by atoms with Gasteiger partial charge in [-0.3, -0.25) is 4.72 Å². The molecule has 0 saturated heterocycles. The van der Waals surface area contributed by atoms with E-state index in [9.17, 15) is 13.2 Å². The molecule has 2 N–H and O–H groups in total. The maximum atomic E-state index is 12.2. The molecular formula is C13H13NO4S2. The van der Waals surface area contributed by atoms with Crippen molar-refractivity contribution in [1.82, 2.24) is 0 Å². The van der Waals surface area contributed by atoms with E-state index in [0.717, 1.165) is 16.9 Å². The van der Waals surface area contributed by atoms with Gasteiger partial charge in [-0.25, -0.2) is 13.2 Å². The van der Waals surface area contributed by atoms with Crippen LogP contribution >= 0.6 is 11.3 Å². The molecule has 1 heterocycles. The number of sulfonamides is 1. The van der Waals surface area contributed by atoms with E-state index < -0.39 is 16.0 Å². The molecule has 20 heavy (non-hydrogen) atoms. The van der Waals surface area contributed by atoms with E-state index in [1.807, 2.05) is 0 Å². The van der Waals surface area contributed by atoms with Crippen LogP contribution in [0.3, 0.4) is 0 Å². The Labute approximate surface area is 120 Å². The summed E-state index contributed by atoms with van der Waals surface area (Å²) in [6.45, 7) is 3.43. The summed E-state index contributed by atoms with van der Waals surface area (Å²) in [7, 11) is -3.70. The third-order valence-electron chi connectivity index (χ3n) is 2.65. The van der Waals surface area contributed by atoms with Gasteiger partial charge in [0, 0.05) is 0 Å². The fourth-order valence-corrected chi connectivity index (χ4v) is 4.02. The molecule has 0 spiro atoms. The van der Waals surface area contributed by atoms with Crippen LogP contribution in [0.15, 0.2) is 35.2 Å². The van der Waals surface area contributed by atoms with Crippen LogP contribution in [0.2, 0.25) is 0 Å². The topological polar surface area (TPSA) is 83.5 Å². The SMILES string of the molecule is Cc1cccc(S(=O)(=O)Nc2cc(C)c(C(=O)O)s2)c1. The highest BCUT2D eigenvalue weighted by Crippen LogP contribution is 2.28. The third kappa shape index (κ3) is 3.00. The second-order valence-corrected chi connectivity index (χ2v) is 7.08. The van der Waals surface area contributed by atoms with Crippen molar-refractivity contribution >= 4 is 32.3 Å². The molecule has 5 nitrogen and oxygen atoms in total. The second kappa shape index (κ2) is 5.26. The average Bonchev–Trinajstić information content (AvgIpc) is 2.69. The lowest BCUT2D eigenvalue weighted by Crippen LogP contribution is -2.12. The van der Waals surface area contributed by atoms with Crippen molar-refractivity contribution < 1.29 is 18.3 Å². The van der Waals surface area contributed by atoms with Gasteiger partial charge in [-0.2, -0.15) is 0 Å². The molecule has 1 aromatic carbocycles. The van der Waals surface area contributed by atoms with Crippen LogP contribution in [0.4, 0.5) is 5.00 Å². The minimum absolute atomic E-state index is 0.131. The fourth-order valence-electron chi connectivity index (χ4n) is 1.72. The van der Waals surface area contributed by atoms with E-state index in [1.54, 1.807) is 32.0 Å². The van der Waals surface area contributed by atoms with Gasteiger partial charge in [-0.15, -0.1) is 11.3 Å². The molecule has 0 aliphatic heterocycles. The van der Waals surface area contributed by atoms with Gasteiger partial charge in [0.2, 0.25) is 0 Å². The molecule has 1 aromatic heterocycles. The minimum atomic E-state index is -3.70. The molecule has 0 atom stereocenters. The number of nitrogens with one attached hydrogen (secondary N) is 1. The Morgan fingerprint density at radius 2 is 1.95 bits per heavy atom. The highest BCUT2D eigenvalue weighted by atomic mass is 32.2. The zero-order valence-electron chi connectivity index (χ0n) is 10.9. The highest BCUT2D eigenvalue weighted by molar-refractivity contribution is 7.93. The van der Waals surface area contributed by atoms with Crippen LogP contribution in [-0.4, -0.2) is 19.5 Å². The number of hydrogen-bond acceptors (Lipinski definition) is 4. The number of rotatable bonds is 4. The number of hydrogen-bond donors (Lipinski definition) is 2. The molecule has 0 radical (unpaired) electrons. The molecular weight excluding hydrogens is 298 g/mol. The third-order valence-corrected chi connectivity index (χ3v) is 5.28. The van der Waals surface area contributed by atoms with Crippen molar-refractivity contribution in [3.8, 4) is 0 Å². The summed E-state index contributed by atoms with van der Waals surface area (Å²) in [6.07, 6.45) is 0. The van der Waals surface area contributed by atoms with Gasteiger partial charge in [-0.05, 0) is 43.2 Å². The van der Waals surface area contributed by atoms with Crippen LogP contribution in [-0.2, 0) is 10.0 Å². The first kappa shape index (κ1) is 14.5. The molecule has 106 valence electrons. The van der Waals surface area contributed by atoms with E-state index in [1.165, 1.54) is 12.1 Å². The Kier molecular flexibility index (Phi) is 3.82. The average molecular weight is 311 g/mol. The molecule has 2 aromatic rings. The van der Waals surface area contributed by atoms with Crippen LogP contribution in [0.1, 0.15) is 20.8 Å². The number of aromatic carboxylic acids is 1. The molecule has 0 unspecified atom stereocenters. The predicted molar refractivity (Wildman–Crippen MR) is 78.0 cm³/mol. The second-order valence-electron chi connectivity index (χ2n) is 4.35. The van der Waals surface area contributed by atoms with Crippen LogP contribution < -0.4 is 4.72 Å². The molecule has 0 bridgehead atoms. The van der Waals surface area contributed by atoms with Gasteiger partial charge in [-0.1, -0.05) is 12.1 Å². The maximum absolute atomic E-state index is 12.2. The van der Waals surface area contributed by atoms with Crippen LogP contribution in [0.25, 0.3) is 0 Å². The maximum Gasteiger partial charge on any atom is 0.346 e. The molecule has 7 heteroatoms. The lowest BCUT2D eigenvalue weighted by molar-refractivity contribution is 0.0701. The van der Waals surface area contributed by atoms with Crippen LogP contribution in [0.5, 0.6) is 0 Å². The van der Waals surface area contributed by atoms with E-state index in [2.05, 4.69) is 4.72 Å². The summed E-state index contributed by atoms with van der Waals surface area (Å²) in [5, 5.41) is 9.26. The largest absolute Gasteiger partial charge is 0.477 e. The Morgan fingerprint density at radius 3 is 2.50 bits per heavy atom. The molecule has 0 saturated carbocycles. The van der Waals surface area contributed by atoms with Crippen molar-refractivity contribution in [1.29, 1.82) is 0 Å². The number of carbonyl (C=O) groups is 1. The Bertz CT molecular complexity index is 762. The summed E-state index contributed by atoms with van der Waals surface area (Å²) in [5.74, 6) is -1.06. The number of anilines is 1. The molecule has 2 rings (SSSR count). The summed E-state index contributed by atoms with van der Waals surface area (Å²) in [5.41, 5.74) is 1.37. The summed E-state index contributed by atoms with van der Waals surface area (Å²) in [4.78, 5) is 11.2. The summed E-state index contributed by atoms with van der Waals surface area (Å²) >= 11 is 0.904. The monoisotopic (exact) mass is 311 g/mol. The molecule has 0 aliphatic carbocycles. The van der Waals surface area contributed by atoms with Gasteiger partial charge < -0.3 is 5.11 Å². The molecule has 0 fully saturated rings. The highest BCUT2D eigenvalue weighted by Gasteiger charge is 2.18. The number of carboxylic acids is 1. The van der Waals surface area contributed by atoms with Crippen molar-refractivity contribution in [2.75, 3.05) is 4.72 Å². The van der Waals surface area contributed by atoms with E-state index in [4.69, 9.17) is 5.11 Å². The van der Waals surface area contributed by atoms with Gasteiger partial charge in [0.15, 0.2) is 0 Å². The van der Waals surface area contributed by atoms with Crippen LogP contribution in [0, 0.1) is 13.8 Å². The first-order valence-electron chi connectivity index (χ1n) is 5.73. The van der Waals surface area contributed by atoms with Gasteiger partial charge >= 0.3 is 5.97 Å². The van der Waals surface area contributed by atoms with E-state index in [-0.39, 0.29) is 9.77 Å². The minimum Gasteiger partial charge on any atom is -0.477 e. The summed E-state index contributed by atoms with van der Waals surface area (Å²) in [6, 6.07) is 8.03. The lowest BCUT2D eigenvalue weighted by atomic mass is 10.2. The van der Waals surface area contributed by atoms with Gasteiger partial charge in [0.25, 0.3) is 10.0 Å². The van der Waals surface area contributed by atoms with Crippen molar-refractivity contribution in [2.45, 2.75) is 18.7 Å². The Hall–Kier alpha value is -1.86. The first-order chi connectivity index (χ1) is 9.29. The smallest absolute Gasteiger partial charge is 0.346 e. The zero-order chi connectivity index (χ0) is 14.9. The van der Waals surface area contributed by atoms with Gasteiger partial charge in [0.05, 0.1) is 4.90 Å². The molecule has 0 amide bonds. The number of thiophene rings is 1. The summed E-state index contributed by atoms with van der Waals surface area (Å²) < 4.78 is 26.8. The van der Waals surface area contributed by atoms with E-state index in [0.29, 0.717) is 10.6 Å². The van der Waals surface area contributed by atoms with Crippen molar-refractivity contribution in [2.24, 2.45) is 0 Å². The number of aryl methyl sites for hydroxylation is 2.